The molecule has 1 heterocycles. The minimum atomic E-state index is -0.160. The van der Waals surface area contributed by atoms with Gasteiger partial charge in [0.15, 0.2) is 5.75 Å². The summed E-state index contributed by atoms with van der Waals surface area (Å²) >= 11 is 3.31. The molecule has 2 rings (SSSR count). The summed E-state index contributed by atoms with van der Waals surface area (Å²) in [5.41, 5.74) is 0.528. The van der Waals surface area contributed by atoms with E-state index in [9.17, 15) is 5.11 Å². The van der Waals surface area contributed by atoms with Crippen LogP contribution < -0.4 is 0 Å². The molecule has 0 atom stereocenters. The zero-order chi connectivity index (χ0) is 11.7. The van der Waals surface area contributed by atoms with Crippen LogP contribution in [0.1, 0.15) is 12.7 Å². The third-order valence-electron chi connectivity index (χ3n) is 2.12. The molecule has 5 heteroatoms. The van der Waals surface area contributed by atoms with Crippen molar-refractivity contribution in [3.05, 3.63) is 28.4 Å². The largest absolute Gasteiger partial charge is 0.504 e. The van der Waals surface area contributed by atoms with Gasteiger partial charge in [0.05, 0.1) is 12.0 Å². The molecule has 16 heavy (non-hydrogen) atoms. The normalized spacial score (nSPS) is 10.6. The Morgan fingerprint density at radius 2 is 2.31 bits per heavy atom. The van der Waals surface area contributed by atoms with Crippen molar-refractivity contribution < 1.29 is 14.3 Å². The van der Waals surface area contributed by atoms with Crippen molar-refractivity contribution in [3.8, 4) is 5.75 Å². The first-order valence-electron chi connectivity index (χ1n) is 4.76. The molecule has 0 fully saturated rings. The van der Waals surface area contributed by atoms with Crippen LogP contribution in [-0.4, -0.2) is 17.6 Å². The van der Waals surface area contributed by atoms with Crippen LogP contribution in [0.15, 0.2) is 27.1 Å². The highest BCUT2D eigenvalue weighted by atomic mass is 79.9. The zero-order valence-electron chi connectivity index (χ0n) is 8.58. The number of nitrogens with one attached hydrogen (secondary N) is 1. The topological polar surface area (TPSA) is 66.5 Å². The highest BCUT2D eigenvalue weighted by molar-refractivity contribution is 9.10. The molecule has 0 saturated heterocycles. The Balaban J connectivity index is 2.56. The van der Waals surface area contributed by atoms with E-state index in [2.05, 4.69) is 15.9 Å². The van der Waals surface area contributed by atoms with E-state index < -0.39 is 0 Å². The maximum atomic E-state index is 9.88. The first-order chi connectivity index (χ1) is 7.63. The summed E-state index contributed by atoms with van der Waals surface area (Å²) in [7, 11) is 0. The second-order valence-electron chi connectivity index (χ2n) is 3.18. The quantitative estimate of drug-likeness (QED) is 0.657. The Labute approximate surface area is 100 Å². The molecule has 0 amide bonds. The Hall–Kier alpha value is -1.49. The standard InChI is InChI=1S/C11H10BrNO3/c1-2-15-11(13)10-9(14)7-5-6(12)3-4-8(7)16-10/h3-5,13-14H,2H2,1H3. The SMILES string of the molecule is CCOC(=N)c1oc2ccc(Br)cc2c1O. The highest BCUT2D eigenvalue weighted by Crippen LogP contribution is 2.34. The lowest BCUT2D eigenvalue weighted by molar-refractivity contribution is 0.314. The number of rotatable bonds is 2. The lowest BCUT2D eigenvalue weighted by Crippen LogP contribution is -2.03. The third kappa shape index (κ3) is 1.78. The smallest absolute Gasteiger partial charge is 0.254 e. The van der Waals surface area contributed by atoms with Crippen LogP contribution in [0.2, 0.25) is 0 Å². The van der Waals surface area contributed by atoms with Crippen LogP contribution >= 0.6 is 15.9 Å². The van der Waals surface area contributed by atoms with E-state index in [0.29, 0.717) is 17.6 Å². The van der Waals surface area contributed by atoms with Gasteiger partial charge in [0, 0.05) is 4.47 Å². The molecule has 0 saturated carbocycles. The van der Waals surface area contributed by atoms with Gasteiger partial charge in [0.1, 0.15) is 5.58 Å². The Bertz CT molecular complexity index is 547. The van der Waals surface area contributed by atoms with Crippen LogP contribution in [0.25, 0.3) is 11.0 Å². The van der Waals surface area contributed by atoms with Gasteiger partial charge in [0.25, 0.3) is 5.90 Å². The van der Waals surface area contributed by atoms with Crippen LogP contribution in [0.3, 0.4) is 0 Å². The number of hydrogen-bond donors (Lipinski definition) is 2. The van der Waals surface area contributed by atoms with Crippen molar-refractivity contribution in [2.45, 2.75) is 6.92 Å². The fourth-order valence-corrected chi connectivity index (χ4v) is 1.78. The predicted octanol–water partition coefficient (Wildman–Crippen LogP) is 3.26. The first kappa shape index (κ1) is 11.0. The van der Waals surface area contributed by atoms with Crippen molar-refractivity contribution in [3.63, 3.8) is 0 Å². The van der Waals surface area contributed by atoms with E-state index in [1.807, 2.05) is 0 Å². The summed E-state index contributed by atoms with van der Waals surface area (Å²) in [5, 5.41) is 18.0. The maximum absolute atomic E-state index is 9.88. The van der Waals surface area contributed by atoms with Crippen LogP contribution in [0.5, 0.6) is 5.75 Å². The number of fused-ring (bicyclic) bond motifs is 1. The van der Waals surface area contributed by atoms with Crippen molar-refractivity contribution in [2.24, 2.45) is 0 Å². The van der Waals surface area contributed by atoms with Gasteiger partial charge in [0.2, 0.25) is 5.76 Å². The number of ether oxygens (including phenoxy) is 1. The predicted molar refractivity (Wildman–Crippen MR) is 64.0 cm³/mol. The van der Waals surface area contributed by atoms with Crippen LogP contribution in [-0.2, 0) is 4.74 Å². The second kappa shape index (κ2) is 4.17. The lowest BCUT2D eigenvalue weighted by atomic mass is 10.2. The Morgan fingerprint density at radius 3 is 3.00 bits per heavy atom. The molecule has 4 nitrogen and oxygen atoms in total. The van der Waals surface area contributed by atoms with E-state index in [1.165, 1.54) is 0 Å². The highest BCUT2D eigenvalue weighted by Gasteiger charge is 2.18. The van der Waals surface area contributed by atoms with Gasteiger partial charge in [-0.25, -0.2) is 0 Å². The molecule has 0 aliphatic rings. The van der Waals surface area contributed by atoms with Crippen LogP contribution in [0, 0.1) is 5.41 Å². The first-order valence-corrected chi connectivity index (χ1v) is 5.55. The molecule has 1 aromatic heterocycles. The zero-order valence-corrected chi connectivity index (χ0v) is 10.2. The molecule has 0 aliphatic carbocycles. The van der Waals surface area contributed by atoms with Crippen molar-refractivity contribution in [1.82, 2.24) is 0 Å². The van der Waals surface area contributed by atoms with Gasteiger partial charge < -0.3 is 14.3 Å². The maximum Gasteiger partial charge on any atom is 0.254 e. The molecule has 0 aliphatic heterocycles. The number of benzene rings is 1. The average Bonchev–Trinajstić information content (AvgIpc) is 2.57. The monoisotopic (exact) mass is 283 g/mol. The summed E-state index contributed by atoms with van der Waals surface area (Å²) in [4.78, 5) is 0. The van der Waals surface area contributed by atoms with Gasteiger partial charge in [-0.3, -0.25) is 5.41 Å². The summed E-state index contributed by atoms with van der Waals surface area (Å²) in [6.07, 6.45) is 0. The fourth-order valence-electron chi connectivity index (χ4n) is 1.42. The molecule has 0 bridgehead atoms. The van der Waals surface area contributed by atoms with Crippen molar-refractivity contribution in [2.75, 3.05) is 6.61 Å². The van der Waals surface area contributed by atoms with E-state index in [4.69, 9.17) is 14.6 Å². The molecule has 2 aromatic rings. The van der Waals surface area contributed by atoms with Crippen molar-refractivity contribution in [1.29, 1.82) is 5.41 Å². The van der Waals surface area contributed by atoms with Gasteiger partial charge in [-0.15, -0.1) is 0 Å². The molecule has 0 spiro atoms. The van der Waals surface area contributed by atoms with Crippen LogP contribution in [0.4, 0.5) is 0 Å². The van der Waals surface area contributed by atoms with E-state index in [-0.39, 0.29) is 17.4 Å². The number of furan rings is 1. The van der Waals surface area contributed by atoms with Crippen molar-refractivity contribution >= 4 is 32.8 Å². The summed E-state index contributed by atoms with van der Waals surface area (Å²) < 4.78 is 11.2. The lowest BCUT2D eigenvalue weighted by Gasteiger charge is -2.00. The summed E-state index contributed by atoms with van der Waals surface area (Å²) in [5.74, 6) is -0.156. The molecular weight excluding hydrogens is 274 g/mol. The number of halogens is 1. The van der Waals surface area contributed by atoms with E-state index in [0.717, 1.165) is 4.47 Å². The van der Waals surface area contributed by atoms with Gasteiger partial charge >= 0.3 is 0 Å². The van der Waals surface area contributed by atoms with E-state index in [1.54, 1.807) is 25.1 Å². The molecular formula is C11H10BrNO3. The molecule has 0 radical (unpaired) electrons. The molecule has 1 aromatic carbocycles. The Kier molecular flexibility index (Phi) is 2.87. The minimum absolute atomic E-state index is 0.0604. The number of aromatic hydroxyl groups is 1. The molecule has 84 valence electrons. The van der Waals surface area contributed by atoms with E-state index >= 15 is 0 Å². The van der Waals surface area contributed by atoms with Gasteiger partial charge in [-0.1, -0.05) is 15.9 Å². The van der Waals surface area contributed by atoms with Gasteiger partial charge in [-0.05, 0) is 25.1 Å². The third-order valence-corrected chi connectivity index (χ3v) is 2.61. The summed E-state index contributed by atoms with van der Waals surface area (Å²) in [6, 6.07) is 5.26. The fraction of sp³-hybridized carbons (Fsp3) is 0.182. The molecule has 2 N–H and O–H groups in total. The number of hydrogen-bond acceptors (Lipinski definition) is 4. The Morgan fingerprint density at radius 1 is 1.56 bits per heavy atom. The minimum Gasteiger partial charge on any atom is -0.504 e. The molecule has 0 unspecified atom stereocenters. The summed E-state index contributed by atoms with van der Waals surface area (Å²) in [6.45, 7) is 2.13. The van der Waals surface area contributed by atoms with Gasteiger partial charge in [-0.2, -0.15) is 0 Å². The average molecular weight is 284 g/mol. The second-order valence-corrected chi connectivity index (χ2v) is 4.10.